The molecule has 8 rings (SSSR count). The van der Waals surface area contributed by atoms with E-state index in [-0.39, 0.29) is 5.41 Å². The number of para-hydroxylation sites is 1. The van der Waals surface area contributed by atoms with Crippen LogP contribution in [-0.4, -0.2) is 15.0 Å². The minimum Gasteiger partial charge on any atom is -0.453 e. The van der Waals surface area contributed by atoms with Crippen LogP contribution in [0.4, 0.5) is 0 Å². The lowest BCUT2D eigenvalue weighted by Gasteiger charge is -2.34. The molecule has 1 aliphatic rings. The maximum Gasteiger partial charge on any atom is 0.178 e. The topological polar surface area (TPSA) is 61.0 Å². The second-order valence-electron chi connectivity index (χ2n) is 10.9. The van der Waals surface area contributed by atoms with Gasteiger partial charge in [-0.15, -0.1) is 0 Å². The van der Waals surface area contributed by atoms with Crippen LogP contribution in [0.25, 0.3) is 56.1 Å². The van der Waals surface area contributed by atoms with Crippen molar-refractivity contribution < 1.29 is 9.15 Å². The van der Waals surface area contributed by atoms with Crippen LogP contribution < -0.4 is 4.74 Å². The highest BCUT2D eigenvalue weighted by Gasteiger charge is 2.36. The van der Waals surface area contributed by atoms with Gasteiger partial charge in [-0.2, -0.15) is 0 Å². The van der Waals surface area contributed by atoms with E-state index in [1.165, 1.54) is 0 Å². The number of fused-ring (bicyclic) bond motifs is 6. The quantitative estimate of drug-likeness (QED) is 0.227. The average Bonchev–Trinajstić information content (AvgIpc) is 3.41. The zero-order valence-electron chi connectivity index (χ0n) is 22.6. The van der Waals surface area contributed by atoms with Gasteiger partial charge < -0.3 is 9.15 Å². The molecule has 0 fully saturated rings. The van der Waals surface area contributed by atoms with Gasteiger partial charge >= 0.3 is 0 Å². The molecule has 1 aliphatic heterocycles. The van der Waals surface area contributed by atoms with Gasteiger partial charge in [0.05, 0.1) is 0 Å². The van der Waals surface area contributed by atoms with Crippen LogP contribution in [0.5, 0.6) is 11.5 Å². The van der Waals surface area contributed by atoms with Crippen LogP contribution in [0.15, 0.2) is 120 Å². The molecule has 0 bridgehead atoms. The number of benzene rings is 5. The van der Waals surface area contributed by atoms with Crippen molar-refractivity contribution in [2.45, 2.75) is 19.3 Å². The van der Waals surface area contributed by atoms with E-state index in [0.717, 1.165) is 61.3 Å². The summed E-state index contributed by atoms with van der Waals surface area (Å²) in [5, 5.41) is 2.13. The van der Waals surface area contributed by atoms with Crippen molar-refractivity contribution in [2.24, 2.45) is 0 Å². The Morgan fingerprint density at radius 3 is 1.80 bits per heavy atom. The number of furan rings is 1. The SMILES string of the molecule is CC1(C)c2ccc(-c3nc(-c4ccccc4)nc(-c4ccccc4)n3)cc2Oc2c1ccc1c2oc2ccccc21. The Hall–Kier alpha value is -5.29. The summed E-state index contributed by atoms with van der Waals surface area (Å²) >= 11 is 0. The van der Waals surface area contributed by atoms with E-state index >= 15 is 0 Å². The third-order valence-corrected chi connectivity index (χ3v) is 8.00. The normalized spacial score (nSPS) is 13.5. The largest absolute Gasteiger partial charge is 0.453 e. The van der Waals surface area contributed by atoms with E-state index < -0.39 is 0 Å². The number of aromatic nitrogens is 3. The Kier molecular flexibility index (Phi) is 5.10. The molecule has 7 aromatic rings. The molecule has 5 nitrogen and oxygen atoms in total. The molecular formula is C36H25N3O2. The summed E-state index contributed by atoms with van der Waals surface area (Å²) in [6, 6.07) is 38.7. The van der Waals surface area contributed by atoms with E-state index in [4.69, 9.17) is 24.1 Å². The van der Waals surface area contributed by atoms with Crippen LogP contribution in [0.1, 0.15) is 25.0 Å². The van der Waals surface area contributed by atoms with Gasteiger partial charge in [0, 0.05) is 44.0 Å². The summed E-state index contributed by atoms with van der Waals surface area (Å²) in [4.78, 5) is 14.7. The monoisotopic (exact) mass is 531 g/mol. The van der Waals surface area contributed by atoms with Crippen molar-refractivity contribution in [3.8, 4) is 45.7 Å². The number of hydrogen-bond donors (Lipinski definition) is 0. The molecule has 0 amide bonds. The molecule has 2 aromatic heterocycles. The van der Waals surface area contributed by atoms with Crippen LogP contribution in [-0.2, 0) is 5.41 Å². The molecule has 0 N–H and O–H groups in total. The Morgan fingerprint density at radius 1 is 0.537 bits per heavy atom. The molecule has 0 unspecified atom stereocenters. The summed E-state index contributed by atoms with van der Waals surface area (Å²) < 4.78 is 13.0. The van der Waals surface area contributed by atoms with Crippen molar-refractivity contribution in [1.82, 2.24) is 15.0 Å². The van der Waals surface area contributed by atoms with Crippen molar-refractivity contribution in [2.75, 3.05) is 0 Å². The highest BCUT2D eigenvalue weighted by atomic mass is 16.5. The van der Waals surface area contributed by atoms with E-state index in [9.17, 15) is 0 Å². The van der Waals surface area contributed by atoms with Gasteiger partial charge in [0.25, 0.3) is 0 Å². The molecular weight excluding hydrogens is 506 g/mol. The second-order valence-corrected chi connectivity index (χ2v) is 10.9. The van der Waals surface area contributed by atoms with Gasteiger partial charge in [0.2, 0.25) is 0 Å². The highest BCUT2D eigenvalue weighted by molar-refractivity contribution is 6.07. The molecule has 41 heavy (non-hydrogen) atoms. The van der Waals surface area contributed by atoms with Crippen LogP contribution in [0.2, 0.25) is 0 Å². The summed E-state index contributed by atoms with van der Waals surface area (Å²) in [6.07, 6.45) is 0. The van der Waals surface area contributed by atoms with Crippen molar-refractivity contribution in [3.63, 3.8) is 0 Å². The summed E-state index contributed by atoms with van der Waals surface area (Å²) in [5.74, 6) is 3.38. The minimum atomic E-state index is -0.294. The van der Waals surface area contributed by atoms with Crippen LogP contribution in [0, 0.1) is 0 Å². The van der Waals surface area contributed by atoms with E-state index in [2.05, 4.69) is 44.2 Å². The summed E-state index contributed by atoms with van der Waals surface area (Å²) in [6.45, 7) is 4.45. The third kappa shape index (κ3) is 3.74. The molecule has 0 saturated heterocycles. The zero-order valence-corrected chi connectivity index (χ0v) is 22.6. The summed E-state index contributed by atoms with van der Waals surface area (Å²) in [5.41, 5.74) is 6.26. The van der Waals surface area contributed by atoms with E-state index in [0.29, 0.717) is 17.5 Å². The van der Waals surface area contributed by atoms with Gasteiger partial charge in [-0.05, 0) is 18.2 Å². The number of ether oxygens (including phenoxy) is 1. The first-order valence-electron chi connectivity index (χ1n) is 13.7. The summed E-state index contributed by atoms with van der Waals surface area (Å²) in [7, 11) is 0. The van der Waals surface area contributed by atoms with Gasteiger partial charge in [-0.3, -0.25) is 0 Å². The molecule has 0 atom stereocenters. The first kappa shape index (κ1) is 23.6. The smallest absolute Gasteiger partial charge is 0.178 e. The van der Waals surface area contributed by atoms with Crippen LogP contribution >= 0.6 is 0 Å². The fourth-order valence-electron chi connectivity index (χ4n) is 5.81. The number of hydrogen-bond acceptors (Lipinski definition) is 5. The Morgan fingerprint density at radius 2 is 1.12 bits per heavy atom. The molecule has 5 heteroatoms. The lowest BCUT2D eigenvalue weighted by Crippen LogP contribution is -2.24. The van der Waals surface area contributed by atoms with E-state index in [1.807, 2.05) is 84.9 Å². The van der Waals surface area contributed by atoms with E-state index in [1.54, 1.807) is 0 Å². The van der Waals surface area contributed by atoms with Gasteiger partial charge in [-0.25, -0.2) is 15.0 Å². The molecule has 0 spiro atoms. The fraction of sp³-hybridized carbons (Fsp3) is 0.0833. The fourth-order valence-corrected chi connectivity index (χ4v) is 5.81. The predicted molar refractivity (Wildman–Crippen MR) is 162 cm³/mol. The maximum atomic E-state index is 6.68. The first-order chi connectivity index (χ1) is 20.1. The standard InChI is InChI=1S/C36H25N3O2/c1-36(2)27-19-17-24(21-30(27)41-32-28(36)20-18-26-25-15-9-10-16-29(25)40-31(26)32)35-38-33(22-11-5-3-6-12-22)37-34(39-35)23-13-7-4-8-14-23/h3-21H,1-2H3. The number of rotatable bonds is 3. The average molecular weight is 532 g/mol. The minimum absolute atomic E-state index is 0.294. The Labute approximate surface area is 237 Å². The van der Waals surface area contributed by atoms with Crippen molar-refractivity contribution >= 4 is 21.9 Å². The van der Waals surface area contributed by atoms with Crippen molar-refractivity contribution in [3.05, 3.63) is 126 Å². The third-order valence-electron chi connectivity index (χ3n) is 8.00. The van der Waals surface area contributed by atoms with Crippen LogP contribution in [0.3, 0.4) is 0 Å². The maximum absolute atomic E-state index is 6.68. The first-order valence-corrected chi connectivity index (χ1v) is 13.7. The Balaban J connectivity index is 1.30. The molecule has 0 aliphatic carbocycles. The molecule has 3 heterocycles. The molecule has 0 saturated carbocycles. The predicted octanol–water partition coefficient (Wildman–Crippen LogP) is 9.20. The second kappa shape index (κ2) is 8.86. The lowest BCUT2D eigenvalue weighted by atomic mass is 9.75. The Bertz CT molecular complexity index is 2040. The molecule has 196 valence electrons. The van der Waals surface area contributed by atoms with Gasteiger partial charge in [-0.1, -0.05) is 111 Å². The highest BCUT2D eigenvalue weighted by Crippen LogP contribution is 2.52. The number of nitrogens with zero attached hydrogens (tertiary/aromatic N) is 3. The zero-order chi connectivity index (χ0) is 27.6. The van der Waals surface area contributed by atoms with Gasteiger partial charge in [0.1, 0.15) is 11.3 Å². The molecule has 5 aromatic carbocycles. The van der Waals surface area contributed by atoms with Gasteiger partial charge in [0.15, 0.2) is 28.8 Å². The van der Waals surface area contributed by atoms with Crippen molar-refractivity contribution in [1.29, 1.82) is 0 Å². The molecule has 0 radical (unpaired) electrons. The lowest BCUT2D eigenvalue weighted by molar-refractivity contribution is 0.415.